The lowest BCUT2D eigenvalue weighted by Gasteiger charge is -2.00. The molecule has 1 aromatic carbocycles. The van der Waals surface area contributed by atoms with Crippen molar-refractivity contribution in [3.8, 4) is 11.4 Å². The summed E-state index contributed by atoms with van der Waals surface area (Å²) in [5.74, 6) is 0.808. The fourth-order valence-corrected chi connectivity index (χ4v) is 2.01. The molecule has 17 heavy (non-hydrogen) atoms. The minimum absolute atomic E-state index is 0.700. The number of halogens is 1. The third-order valence-corrected chi connectivity index (χ3v) is 2.88. The van der Waals surface area contributed by atoms with Gasteiger partial charge in [-0.15, -0.1) is 10.2 Å². The molecule has 3 nitrogen and oxygen atoms in total. The highest BCUT2D eigenvalue weighted by atomic mass is 35.5. The average molecular weight is 244 g/mol. The Bertz CT molecular complexity index is 688. The van der Waals surface area contributed by atoms with Crippen LogP contribution in [0.1, 0.15) is 5.56 Å². The van der Waals surface area contributed by atoms with Crippen molar-refractivity contribution in [1.82, 2.24) is 14.6 Å². The minimum Gasteiger partial charge on any atom is -0.282 e. The smallest absolute Gasteiger partial charge is 0.168 e. The molecule has 0 N–H and O–H groups in total. The molecule has 0 atom stereocenters. The molecule has 0 spiro atoms. The maximum Gasteiger partial charge on any atom is 0.168 e. The van der Waals surface area contributed by atoms with Gasteiger partial charge in [-0.2, -0.15) is 0 Å². The molecule has 0 bridgehead atoms. The summed E-state index contributed by atoms with van der Waals surface area (Å²) in [5.41, 5.74) is 2.98. The van der Waals surface area contributed by atoms with E-state index in [1.807, 2.05) is 53.9 Å². The Morgan fingerprint density at radius 2 is 2.00 bits per heavy atom. The Balaban J connectivity index is 2.24. The van der Waals surface area contributed by atoms with Crippen LogP contribution in [0.15, 0.2) is 42.6 Å². The lowest BCUT2D eigenvalue weighted by Crippen LogP contribution is -1.89. The Morgan fingerprint density at radius 3 is 2.82 bits per heavy atom. The van der Waals surface area contributed by atoms with E-state index in [2.05, 4.69) is 10.2 Å². The van der Waals surface area contributed by atoms with Gasteiger partial charge in [0.25, 0.3) is 0 Å². The van der Waals surface area contributed by atoms with Gasteiger partial charge in [0, 0.05) is 16.8 Å². The second-order valence-corrected chi connectivity index (χ2v) is 4.40. The van der Waals surface area contributed by atoms with Crippen molar-refractivity contribution in [2.75, 3.05) is 0 Å². The third-order valence-electron chi connectivity index (χ3n) is 2.65. The first kappa shape index (κ1) is 10.3. The summed E-state index contributed by atoms with van der Waals surface area (Å²) in [6.45, 7) is 2.04. The molecular weight excluding hydrogens is 234 g/mol. The van der Waals surface area contributed by atoms with E-state index in [-0.39, 0.29) is 0 Å². The van der Waals surface area contributed by atoms with Crippen LogP contribution < -0.4 is 0 Å². The van der Waals surface area contributed by atoms with E-state index in [4.69, 9.17) is 11.6 Å². The van der Waals surface area contributed by atoms with Crippen LogP contribution in [0.3, 0.4) is 0 Å². The number of rotatable bonds is 1. The van der Waals surface area contributed by atoms with Crippen molar-refractivity contribution in [2.45, 2.75) is 6.92 Å². The van der Waals surface area contributed by atoms with Crippen molar-refractivity contribution >= 4 is 17.2 Å². The second-order valence-electron chi connectivity index (χ2n) is 3.97. The minimum atomic E-state index is 0.700. The van der Waals surface area contributed by atoms with Gasteiger partial charge in [-0.25, -0.2) is 0 Å². The van der Waals surface area contributed by atoms with Crippen LogP contribution in [0.2, 0.25) is 5.02 Å². The molecule has 2 aromatic heterocycles. The van der Waals surface area contributed by atoms with Gasteiger partial charge in [-0.05, 0) is 36.8 Å². The van der Waals surface area contributed by atoms with Crippen molar-refractivity contribution in [1.29, 1.82) is 0 Å². The molecule has 0 aliphatic heterocycles. The predicted octanol–water partition coefficient (Wildman–Crippen LogP) is 3.36. The van der Waals surface area contributed by atoms with Gasteiger partial charge in [-0.3, -0.25) is 4.40 Å². The molecule has 3 aromatic rings. The number of aromatic nitrogens is 3. The fraction of sp³-hybridized carbons (Fsp3) is 0.0769. The van der Waals surface area contributed by atoms with E-state index in [0.717, 1.165) is 17.0 Å². The lowest BCUT2D eigenvalue weighted by molar-refractivity contribution is 1.11. The Labute approximate surface area is 104 Å². The first-order chi connectivity index (χ1) is 8.24. The van der Waals surface area contributed by atoms with Crippen LogP contribution in [-0.2, 0) is 0 Å². The van der Waals surface area contributed by atoms with E-state index in [9.17, 15) is 0 Å². The van der Waals surface area contributed by atoms with Crippen molar-refractivity contribution in [3.05, 3.63) is 53.2 Å². The zero-order valence-electron chi connectivity index (χ0n) is 9.26. The number of benzene rings is 1. The maximum absolute atomic E-state index is 5.98. The fourth-order valence-electron chi connectivity index (χ4n) is 1.82. The Hall–Kier alpha value is -1.87. The summed E-state index contributed by atoms with van der Waals surface area (Å²) in [6, 6.07) is 11.6. The highest BCUT2D eigenvalue weighted by Crippen LogP contribution is 2.21. The van der Waals surface area contributed by atoms with E-state index in [1.54, 1.807) is 0 Å². The van der Waals surface area contributed by atoms with E-state index >= 15 is 0 Å². The molecule has 0 saturated heterocycles. The highest BCUT2D eigenvalue weighted by molar-refractivity contribution is 6.30. The molecular formula is C13H10ClN3. The van der Waals surface area contributed by atoms with Gasteiger partial charge in [0.05, 0.1) is 0 Å². The number of nitrogens with zero attached hydrogens (tertiary/aromatic N) is 3. The second kappa shape index (κ2) is 3.86. The Morgan fingerprint density at radius 1 is 1.12 bits per heavy atom. The topological polar surface area (TPSA) is 30.2 Å². The zero-order valence-corrected chi connectivity index (χ0v) is 10.0. The monoisotopic (exact) mass is 243 g/mol. The summed E-state index contributed by atoms with van der Waals surface area (Å²) in [6.07, 6.45) is 1.97. The molecule has 0 unspecified atom stereocenters. The third kappa shape index (κ3) is 1.78. The maximum atomic E-state index is 5.98. The van der Waals surface area contributed by atoms with Crippen LogP contribution in [0.4, 0.5) is 0 Å². The summed E-state index contributed by atoms with van der Waals surface area (Å²) >= 11 is 5.98. The van der Waals surface area contributed by atoms with Crippen LogP contribution in [0.5, 0.6) is 0 Å². The molecule has 3 rings (SSSR count). The van der Waals surface area contributed by atoms with Gasteiger partial charge in [0.1, 0.15) is 0 Å². The van der Waals surface area contributed by atoms with Crippen molar-refractivity contribution in [2.24, 2.45) is 0 Å². The van der Waals surface area contributed by atoms with Crippen LogP contribution in [0.25, 0.3) is 17.0 Å². The summed E-state index contributed by atoms with van der Waals surface area (Å²) in [4.78, 5) is 0. The van der Waals surface area contributed by atoms with E-state index in [1.165, 1.54) is 5.56 Å². The predicted molar refractivity (Wildman–Crippen MR) is 68.2 cm³/mol. The van der Waals surface area contributed by atoms with Crippen LogP contribution in [-0.4, -0.2) is 14.6 Å². The molecule has 84 valence electrons. The summed E-state index contributed by atoms with van der Waals surface area (Å²) in [5, 5.41) is 9.06. The molecule has 0 amide bonds. The number of pyridine rings is 1. The largest absolute Gasteiger partial charge is 0.282 e. The highest BCUT2D eigenvalue weighted by Gasteiger charge is 2.07. The first-order valence-corrected chi connectivity index (χ1v) is 5.69. The van der Waals surface area contributed by atoms with Gasteiger partial charge >= 0.3 is 0 Å². The van der Waals surface area contributed by atoms with Gasteiger partial charge in [-0.1, -0.05) is 23.7 Å². The van der Waals surface area contributed by atoms with Crippen LogP contribution >= 0.6 is 11.6 Å². The Kier molecular flexibility index (Phi) is 2.34. The summed E-state index contributed by atoms with van der Waals surface area (Å²) < 4.78 is 1.96. The number of hydrogen-bond acceptors (Lipinski definition) is 2. The molecule has 0 aliphatic rings. The molecule has 0 saturated carbocycles. The number of hydrogen-bond donors (Lipinski definition) is 0. The first-order valence-electron chi connectivity index (χ1n) is 5.31. The van der Waals surface area contributed by atoms with Crippen molar-refractivity contribution in [3.63, 3.8) is 0 Å². The average Bonchev–Trinajstić information content (AvgIpc) is 2.71. The van der Waals surface area contributed by atoms with Gasteiger partial charge in [0.2, 0.25) is 0 Å². The molecule has 4 heteroatoms. The summed E-state index contributed by atoms with van der Waals surface area (Å²) in [7, 11) is 0. The van der Waals surface area contributed by atoms with E-state index in [0.29, 0.717) is 5.02 Å². The molecule has 0 aliphatic carbocycles. The molecule has 2 heterocycles. The zero-order chi connectivity index (χ0) is 11.8. The normalized spacial score (nSPS) is 10.9. The molecule has 0 fully saturated rings. The standard InChI is InChI=1S/C13H10ClN3/c1-9-5-6-17-12(7-9)15-16-13(17)10-3-2-4-11(14)8-10/h2-8H,1H3. The van der Waals surface area contributed by atoms with E-state index < -0.39 is 0 Å². The molecule has 0 radical (unpaired) electrons. The van der Waals surface area contributed by atoms with Crippen molar-refractivity contribution < 1.29 is 0 Å². The quantitative estimate of drug-likeness (QED) is 0.656. The van der Waals surface area contributed by atoms with Gasteiger partial charge < -0.3 is 0 Å². The lowest BCUT2D eigenvalue weighted by atomic mass is 10.2. The number of fused-ring (bicyclic) bond motifs is 1. The van der Waals surface area contributed by atoms with Gasteiger partial charge in [0.15, 0.2) is 11.5 Å². The van der Waals surface area contributed by atoms with Crippen LogP contribution in [0, 0.1) is 6.92 Å². The number of aryl methyl sites for hydroxylation is 1. The SMILES string of the molecule is Cc1ccn2c(-c3cccc(Cl)c3)nnc2c1.